The highest BCUT2D eigenvalue weighted by atomic mass is 16.2. The van der Waals surface area contributed by atoms with Crippen LogP contribution in [0.2, 0.25) is 0 Å². The Morgan fingerprint density at radius 3 is 2.29 bits per heavy atom. The van der Waals surface area contributed by atoms with Crippen LogP contribution in [0.25, 0.3) is 5.69 Å². The molecule has 0 saturated heterocycles. The standard InChI is InChI=1S/C25H28N4O2/c1-17-12-18(2)14-23(13-17)29-19(3)15-22(20(29)4)16-27-28-25(31)24(30)26-11-10-21-8-6-5-7-9-21/h5-9,12-16H,10-11H2,1-4H3,(H,26,30)(H,28,31)/b27-16-. The summed E-state index contributed by atoms with van der Waals surface area (Å²) in [6.45, 7) is 8.57. The van der Waals surface area contributed by atoms with Gasteiger partial charge in [0, 0.05) is 29.2 Å². The molecule has 6 nitrogen and oxygen atoms in total. The number of aryl methyl sites for hydroxylation is 3. The summed E-state index contributed by atoms with van der Waals surface area (Å²) in [6, 6.07) is 18.2. The monoisotopic (exact) mass is 416 g/mol. The minimum Gasteiger partial charge on any atom is -0.347 e. The number of carbonyl (C=O) groups excluding carboxylic acids is 2. The summed E-state index contributed by atoms with van der Waals surface area (Å²) in [5.41, 5.74) is 9.83. The van der Waals surface area contributed by atoms with Gasteiger partial charge in [0.15, 0.2) is 0 Å². The molecule has 6 heteroatoms. The Hall–Kier alpha value is -3.67. The van der Waals surface area contributed by atoms with Crippen molar-refractivity contribution in [2.45, 2.75) is 34.1 Å². The Morgan fingerprint density at radius 1 is 0.935 bits per heavy atom. The van der Waals surface area contributed by atoms with E-state index >= 15 is 0 Å². The first-order valence-corrected chi connectivity index (χ1v) is 10.3. The lowest BCUT2D eigenvalue weighted by Crippen LogP contribution is -2.38. The number of aromatic nitrogens is 1. The molecule has 1 heterocycles. The fourth-order valence-corrected chi connectivity index (χ4v) is 3.65. The fourth-order valence-electron chi connectivity index (χ4n) is 3.65. The van der Waals surface area contributed by atoms with E-state index in [0.717, 1.165) is 28.2 Å². The van der Waals surface area contributed by atoms with Gasteiger partial charge < -0.3 is 9.88 Å². The maximum absolute atomic E-state index is 12.0. The van der Waals surface area contributed by atoms with E-state index in [1.54, 1.807) is 6.21 Å². The second kappa shape index (κ2) is 9.89. The van der Waals surface area contributed by atoms with Gasteiger partial charge in [-0.3, -0.25) is 9.59 Å². The maximum atomic E-state index is 12.0. The van der Waals surface area contributed by atoms with Gasteiger partial charge in [0.25, 0.3) is 0 Å². The van der Waals surface area contributed by atoms with Crippen molar-refractivity contribution in [2.75, 3.05) is 6.54 Å². The molecular formula is C25H28N4O2. The molecule has 0 aliphatic carbocycles. The number of nitrogens with zero attached hydrogens (tertiary/aromatic N) is 2. The summed E-state index contributed by atoms with van der Waals surface area (Å²) in [5, 5.41) is 6.58. The lowest BCUT2D eigenvalue weighted by atomic mass is 10.1. The smallest absolute Gasteiger partial charge is 0.329 e. The van der Waals surface area contributed by atoms with Gasteiger partial charge >= 0.3 is 11.8 Å². The minimum atomic E-state index is -0.785. The van der Waals surface area contributed by atoms with Crippen LogP contribution < -0.4 is 10.7 Å². The number of hydrogen-bond acceptors (Lipinski definition) is 3. The van der Waals surface area contributed by atoms with Gasteiger partial charge in [0.1, 0.15) is 0 Å². The number of hydrogen-bond donors (Lipinski definition) is 2. The molecule has 0 aliphatic heterocycles. The number of nitrogens with one attached hydrogen (secondary N) is 2. The molecule has 0 bridgehead atoms. The van der Waals surface area contributed by atoms with Gasteiger partial charge in [-0.25, -0.2) is 5.43 Å². The summed E-state index contributed by atoms with van der Waals surface area (Å²) in [7, 11) is 0. The molecule has 0 fully saturated rings. The second-order valence-corrected chi connectivity index (χ2v) is 7.70. The summed E-state index contributed by atoms with van der Waals surface area (Å²) < 4.78 is 2.15. The van der Waals surface area contributed by atoms with Crippen LogP contribution in [0.3, 0.4) is 0 Å². The molecule has 0 unspecified atom stereocenters. The van der Waals surface area contributed by atoms with E-state index in [-0.39, 0.29) is 0 Å². The van der Waals surface area contributed by atoms with Crippen LogP contribution in [-0.4, -0.2) is 29.1 Å². The first-order valence-electron chi connectivity index (χ1n) is 10.3. The fraction of sp³-hybridized carbons (Fsp3) is 0.240. The van der Waals surface area contributed by atoms with Gasteiger partial charge in [0.05, 0.1) is 6.21 Å². The molecular weight excluding hydrogens is 388 g/mol. The van der Waals surface area contributed by atoms with E-state index < -0.39 is 11.8 Å². The van der Waals surface area contributed by atoms with Crippen molar-refractivity contribution in [1.29, 1.82) is 0 Å². The zero-order valence-electron chi connectivity index (χ0n) is 18.4. The van der Waals surface area contributed by atoms with Crippen LogP contribution >= 0.6 is 0 Å². The van der Waals surface area contributed by atoms with Crippen molar-refractivity contribution in [3.8, 4) is 5.69 Å². The summed E-state index contributed by atoms with van der Waals surface area (Å²) in [6.07, 6.45) is 2.23. The molecule has 160 valence electrons. The van der Waals surface area contributed by atoms with Gasteiger partial charge in [-0.05, 0) is 69.0 Å². The van der Waals surface area contributed by atoms with Crippen molar-refractivity contribution < 1.29 is 9.59 Å². The van der Waals surface area contributed by atoms with E-state index in [4.69, 9.17) is 0 Å². The number of rotatable bonds is 6. The van der Waals surface area contributed by atoms with Gasteiger partial charge in [-0.15, -0.1) is 0 Å². The van der Waals surface area contributed by atoms with Gasteiger partial charge in [-0.2, -0.15) is 5.10 Å². The highest BCUT2D eigenvalue weighted by Gasteiger charge is 2.13. The first kappa shape index (κ1) is 22.0. The van der Waals surface area contributed by atoms with Crippen molar-refractivity contribution in [1.82, 2.24) is 15.3 Å². The number of benzene rings is 2. The largest absolute Gasteiger partial charge is 0.347 e. The Morgan fingerprint density at radius 2 is 1.61 bits per heavy atom. The van der Waals surface area contributed by atoms with E-state index in [9.17, 15) is 9.59 Å². The molecule has 1 aromatic heterocycles. The third kappa shape index (κ3) is 5.69. The van der Waals surface area contributed by atoms with Crippen LogP contribution in [0.4, 0.5) is 0 Å². The van der Waals surface area contributed by atoms with Crippen LogP contribution in [0, 0.1) is 27.7 Å². The Labute approximate surface area is 183 Å². The Kier molecular flexibility index (Phi) is 7.03. The van der Waals surface area contributed by atoms with Crippen molar-refractivity contribution >= 4 is 18.0 Å². The zero-order chi connectivity index (χ0) is 22.4. The molecule has 31 heavy (non-hydrogen) atoms. The Balaban J connectivity index is 1.59. The second-order valence-electron chi connectivity index (χ2n) is 7.70. The third-order valence-electron chi connectivity index (χ3n) is 5.05. The molecule has 0 radical (unpaired) electrons. The molecule has 0 spiro atoms. The molecule has 0 aliphatic rings. The summed E-state index contributed by atoms with van der Waals surface area (Å²) in [4.78, 5) is 23.9. The van der Waals surface area contributed by atoms with E-state index in [0.29, 0.717) is 13.0 Å². The van der Waals surface area contributed by atoms with E-state index in [2.05, 4.69) is 52.5 Å². The average molecular weight is 417 g/mol. The van der Waals surface area contributed by atoms with E-state index in [1.807, 2.05) is 50.2 Å². The summed E-state index contributed by atoms with van der Waals surface area (Å²) >= 11 is 0. The van der Waals surface area contributed by atoms with Crippen LogP contribution in [0.5, 0.6) is 0 Å². The lowest BCUT2D eigenvalue weighted by molar-refractivity contribution is -0.139. The first-order chi connectivity index (χ1) is 14.8. The molecule has 3 rings (SSSR count). The lowest BCUT2D eigenvalue weighted by Gasteiger charge is -2.11. The highest BCUT2D eigenvalue weighted by Crippen LogP contribution is 2.21. The average Bonchev–Trinajstić information content (AvgIpc) is 3.01. The molecule has 2 amide bonds. The number of amides is 2. The predicted octanol–water partition coefficient (Wildman–Crippen LogP) is 3.52. The zero-order valence-corrected chi connectivity index (χ0v) is 18.4. The molecule has 0 atom stereocenters. The van der Waals surface area contributed by atoms with E-state index in [1.165, 1.54) is 11.1 Å². The summed E-state index contributed by atoms with van der Waals surface area (Å²) in [5.74, 6) is -1.48. The number of hydrazone groups is 1. The topological polar surface area (TPSA) is 75.5 Å². The van der Waals surface area contributed by atoms with Crippen molar-refractivity contribution in [2.24, 2.45) is 5.10 Å². The predicted molar refractivity (Wildman–Crippen MR) is 124 cm³/mol. The molecule has 2 N–H and O–H groups in total. The minimum absolute atomic E-state index is 0.386. The highest BCUT2D eigenvalue weighted by molar-refractivity contribution is 6.35. The van der Waals surface area contributed by atoms with Crippen molar-refractivity contribution in [3.63, 3.8) is 0 Å². The normalized spacial score (nSPS) is 11.0. The van der Waals surface area contributed by atoms with Crippen molar-refractivity contribution in [3.05, 3.63) is 88.2 Å². The van der Waals surface area contributed by atoms with Crippen LogP contribution in [-0.2, 0) is 16.0 Å². The SMILES string of the molecule is Cc1cc(C)cc(-n2c(C)cc(/C=N\NC(=O)C(=O)NCCc3ccccc3)c2C)c1. The maximum Gasteiger partial charge on any atom is 0.329 e. The van der Waals surface area contributed by atoms with Gasteiger partial charge in [0.2, 0.25) is 0 Å². The van der Waals surface area contributed by atoms with Crippen LogP contribution in [0.1, 0.15) is 33.6 Å². The molecule has 0 saturated carbocycles. The molecule has 2 aromatic carbocycles. The number of carbonyl (C=O) groups is 2. The quantitative estimate of drug-likeness (QED) is 0.367. The van der Waals surface area contributed by atoms with Crippen LogP contribution in [0.15, 0.2) is 59.7 Å². The van der Waals surface area contributed by atoms with Gasteiger partial charge in [-0.1, -0.05) is 36.4 Å². The Bertz CT molecular complexity index is 1090. The molecule has 3 aromatic rings. The third-order valence-corrected chi connectivity index (χ3v) is 5.05.